The maximum Gasteiger partial charge on any atom is 0.266 e. The van der Waals surface area contributed by atoms with Crippen molar-refractivity contribution in [1.82, 2.24) is 10.2 Å². The standard InChI is InChI=1S/C22H18N4O3/c23-14-18(22(28)26-10-12-29-13-11-26)19-16-8-4-5-9-17(16)20(24-19)25-21(27)15-6-2-1-3-7-15/h1-9H,10-13H2,(H,24,25,27)/b19-18-. The lowest BCUT2D eigenvalue weighted by Crippen LogP contribution is -2.41. The van der Waals surface area contributed by atoms with Crippen LogP contribution in [0.2, 0.25) is 0 Å². The zero-order chi connectivity index (χ0) is 20.2. The summed E-state index contributed by atoms with van der Waals surface area (Å²) in [5, 5.41) is 12.5. The fourth-order valence-electron chi connectivity index (χ4n) is 3.31. The van der Waals surface area contributed by atoms with E-state index < -0.39 is 0 Å². The lowest BCUT2D eigenvalue weighted by atomic mass is 10.0. The zero-order valence-corrected chi connectivity index (χ0v) is 15.6. The van der Waals surface area contributed by atoms with Gasteiger partial charge in [-0.3, -0.25) is 9.59 Å². The molecule has 0 radical (unpaired) electrons. The van der Waals surface area contributed by atoms with Gasteiger partial charge in [-0.1, -0.05) is 42.5 Å². The van der Waals surface area contributed by atoms with Gasteiger partial charge in [-0.05, 0) is 12.1 Å². The Bertz CT molecular complexity index is 1060. The highest BCUT2D eigenvalue weighted by Crippen LogP contribution is 2.31. The largest absolute Gasteiger partial charge is 0.378 e. The predicted molar refractivity (Wildman–Crippen MR) is 107 cm³/mol. The predicted octanol–water partition coefficient (Wildman–Crippen LogP) is 1.97. The Morgan fingerprint density at radius 3 is 2.34 bits per heavy atom. The molecule has 0 aromatic heterocycles. The minimum absolute atomic E-state index is 0.0386. The molecule has 0 unspecified atom stereocenters. The van der Waals surface area contributed by atoms with Gasteiger partial charge in [0.25, 0.3) is 11.8 Å². The van der Waals surface area contributed by atoms with Gasteiger partial charge in [0.05, 0.1) is 18.9 Å². The number of hydrogen-bond donors (Lipinski definition) is 1. The summed E-state index contributed by atoms with van der Waals surface area (Å²) in [6.07, 6.45) is 0. The van der Waals surface area contributed by atoms with E-state index in [2.05, 4.69) is 10.3 Å². The van der Waals surface area contributed by atoms with E-state index in [-0.39, 0.29) is 23.1 Å². The van der Waals surface area contributed by atoms with Crippen molar-refractivity contribution in [3.05, 3.63) is 76.9 Å². The summed E-state index contributed by atoms with van der Waals surface area (Å²) >= 11 is 0. The summed E-state index contributed by atoms with van der Waals surface area (Å²) in [5.74, 6) is -0.356. The Labute approximate surface area is 167 Å². The minimum Gasteiger partial charge on any atom is -0.378 e. The third kappa shape index (κ3) is 3.66. The first kappa shape index (κ1) is 18.6. The summed E-state index contributed by atoms with van der Waals surface area (Å²) in [4.78, 5) is 31.5. The van der Waals surface area contributed by atoms with Gasteiger partial charge < -0.3 is 15.0 Å². The number of nitriles is 1. The van der Waals surface area contributed by atoms with Crippen molar-refractivity contribution < 1.29 is 14.3 Å². The van der Waals surface area contributed by atoms with Crippen molar-refractivity contribution >= 4 is 23.3 Å². The second-order valence-electron chi connectivity index (χ2n) is 6.57. The Morgan fingerprint density at radius 2 is 1.66 bits per heavy atom. The van der Waals surface area contributed by atoms with Crippen LogP contribution in [0.5, 0.6) is 0 Å². The molecule has 1 saturated heterocycles. The molecule has 0 aliphatic carbocycles. The maximum atomic E-state index is 12.9. The number of benzene rings is 2. The maximum absolute atomic E-state index is 12.9. The normalized spacial score (nSPS) is 17.1. The van der Waals surface area contributed by atoms with E-state index in [1.807, 2.05) is 24.3 Å². The number of carbonyl (C=O) groups is 2. The molecule has 0 atom stereocenters. The van der Waals surface area contributed by atoms with Gasteiger partial charge in [0.15, 0.2) is 0 Å². The second-order valence-corrected chi connectivity index (χ2v) is 6.57. The van der Waals surface area contributed by atoms with Crippen LogP contribution in [0.3, 0.4) is 0 Å². The number of fused-ring (bicyclic) bond motifs is 1. The molecule has 0 spiro atoms. The summed E-state index contributed by atoms with van der Waals surface area (Å²) in [5.41, 5.74) is 2.06. The molecular weight excluding hydrogens is 368 g/mol. The molecule has 2 aliphatic heterocycles. The molecule has 4 rings (SSSR count). The van der Waals surface area contributed by atoms with Crippen LogP contribution < -0.4 is 5.32 Å². The molecule has 29 heavy (non-hydrogen) atoms. The van der Waals surface area contributed by atoms with Crippen molar-refractivity contribution in [1.29, 1.82) is 5.26 Å². The van der Waals surface area contributed by atoms with Crippen LogP contribution in [0.25, 0.3) is 5.70 Å². The third-order valence-electron chi connectivity index (χ3n) is 4.79. The smallest absolute Gasteiger partial charge is 0.266 e. The van der Waals surface area contributed by atoms with Gasteiger partial charge >= 0.3 is 0 Å². The van der Waals surface area contributed by atoms with Gasteiger partial charge in [0.1, 0.15) is 17.5 Å². The van der Waals surface area contributed by atoms with Crippen LogP contribution in [0, 0.1) is 11.3 Å². The highest BCUT2D eigenvalue weighted by molar-refractivity contribution is 6.20. The zero-order valence-electron chi connectivity index (χ0n) is 15.6. The van der Waals surface area contributed by atoms with Crippen molar-refractivity contribution in [2.24, 2.45) is 4.99 Å². The van der Waals surface area contributed by atoms with E-state index in [1.165, 1.54) is 0 Å². The average molecular weight is 386 g/mol. The first-order valence-corrected chi connectivity index (χ1v) is 9.25. The van der Waals surface area contributed by atoms with Gasteiger partial charge in [-0.25, -0.2) is 4.99 Å². The van der Waals surface area contributed by atoms with Gasteiger partial charge in [0.2, 0.25) is 0 Å². The number of aliphatic imine (C=N–C) groups is 1. The second kappa shape index (κ2) is 8.09. The van der Waals surface area contributed by atoms with Crippen LogP contribution in [0.1, 0.15) is 21.5 Å². The molecule has 2 aromatic carbocycles. The molecule has 144 valence electrons. The van der Waals surface area contributed by atoms with Crippen LogP contribution in [0.15, 0.2) is 65.2 Å². The number of hydrogen-bond acceptors (Lipinski definition) is 5. The van der Waals surface area contributed by atoms with Crippen LogP contribution in [-0.2, 0) is 9.53 Å². The summed E-state index contributed by atoms with van der Waals surface area (Å²) < 4.78 is 5.28. The van der Waals surface area contributed by atoms with E-state index >= 15 is 0 Å². The fourth-order valence-corrected chi connectivity index (χ4v) is 3.31. The molecule has 2 amide bonds. The number of nitrogens with zero attached hydrogens (tertiary/aromatic N) is 3. The summed E-state index contributed by atoms with van der Waals surface area (Å²) in [6.45, 7) is 1.75. The molecule has 0 bridgehead atoms. The number of amides is 2. The molecule has 7 nitrogen and oxygen atoms in total. The Kier molecular flexibility index (Phi) is 5.18. The highest BCUT2D eigenvalue weighted by atomic mass is 16.5. The Balaban J connectivity index is 1.71. The average Bonchev–Trinajstić information content (AvgIpc) is 3.13. The van der Waals surface area contributed by atoms with Crippen LogP contribution in [0.4, 0.5) is 0 Å². The van der Waals surface area contributed by atoms with E-state index in [0.29, 0.717) is 48.8 Å². The van der Waals surface area contributed by atoms with E-state index in [0.717, 1.165) is 0 Å². The SMILES string of the molecule is N#C/C(C(=O)N1CCOCC1)=C1/N=C(NC(=O)c2ccccc2)c2ccccc21. The first-order chi connectivity index (χ1) is 14.2. The fraction of sp³-hybridized carbons (Fsp3) is 0.182. The van der Waals surface area contributed by atoms with Crippen LogP contribution >= 0.6 is 0 Å². The topological polar surface area (TPSA) is 94.8 Å². The molecule has 2 aromatic rings. The van der Waals surface area contributed by atoms with E-state index in [4.69, 9.17) is 4.74 Å². The van der Waals surface area contributed by atoms with Crippen molar-refractivity contribution in [3.63, 3.8) is 0 Å². The molecule has 2 heterocycles. The van der Waals surface area contributed by atoms with Crippen molar-refractivity contribution in [3.8, 4) is 6.07 Å². The number of rotatable bonds is 2. The quantitative estimate of drug-likeness (QED) is 0.631. The van der Waals surface area contributed by atoms with E-state index in [1.54, 1.807) is 41.3 Å². The lowest BCUT2D eigenvalue weighted by Gasteiger charge is -2.26. The number of morpholine rings is 1. The molecule has 7 heteroatoms. The lowest BCUT2D eigenvalue weighted by molar-refractivity contribution is -0.130. The molecule has 1 N–H and O–H groups in total. The summed E-state index contributed by atoms with van der Waals surface area (Å²) in [6, 6.07) is 18.0. The minimum atomic E-state index is -0.375. The molecular formula is C22H18N4O3. The number of ether oxygens (including phenoxy) is 1. The number of carbonyl (C=O) groups excluding carboxylic acids is 2. The molecule has 0 saturated carbocycles. The third-order valence-corrected chi connectivity index (χ3v) is 4.79. The van der Waals surface area contributed by atoms with Gasteiger partial charge in [0, 0.05) is 29.8 Å². The van der Waals surface area contributed by atoms with Gasteiger partial charge in [-0.15, -0.1) is 0 Å². The van der Waals surface area contributed by atoms with E-state index in [9.17, 15) is 14.9 Å². The molecule has 2 aliphatic rings. The Morgan fingerprint density at radius 1 is 1.00 bits per heavy atom. The van der Waals surface area contributed by atoms with Crippen molar-refractivity contribution in [2.75, 3.05) is 26.3 Å². The summed E-state index contributed by atoms with van der Waals surface area (Å²) in [7, 11) is 0. The van der Waals surface area contributed by atoms with Crippen molar-refractivity contribution in [2.45, 2.75) is 0 Å². The first-order valence-electron chi connectivity index (χ1n) is 9.25. The molecule has 1 fully saturated rings. The Hall–Kier alpha value is -3.76. The number of amidine groups is 1. The highest BCUT2D eigenvalue weighted by Gasteiger charge is 2.29. The van der Waals surface area contributed by atoms with Gasteiger partial charge in [-0.2, -0.15) is 5.26 Å². The van der Waals surface area contributed by atoms with Crippen LogP contribution in [-0.4, -0.2) is 48.9 Å². The monoisotopic (exact) mass is 386 g/mol. The number of nitrogens with one attached hydrogen (secondary N) is 1.